The molecule has 2 heteroatoms. The molecule has 0 radical (unpaired) electrons. The molecular formula is C5H7NS. The summed E-state index contributed by atoms with van der Waals surface area (Å²) in [7, 11) is 0. The van der Waals surface area contributed by atoms with Crippen molar-refractivity contribution in [2.45, 2.75) is 6.92 Å². The van der Waals surface area contributed by atoms with Crippen molar-refractivity contribution >= 4 is 17.2 Å². The van der Waals surface area contributed by atoms with Gasteiger partial charge in [0, 0.05) is 6.54 Å². The number of nitrogens with one attached hydrogen (secondary N) is 1. The normalized spacial score (nSPS) is 19.0. The van der Waals surface area contributed by atoms with E-state index in [1.54, 1.807) is 0 Å². The van der Waals surface area contributed by atoms with Crippen molar-refractivity contribution in [1.82, 2.24) is 5.32 Å². The first kappa shape index (κ1) is 4.78. The Labute approximate surface area is 48.4 Å². The van der Waals surface area contributed by atoms with E-state index in [1.807, 2.05) is 6.08 Å². The summed E-state index contributed by atoms with van der Waals surface area (Å²) < 4.78 is 0. The van der Waals surface area contributed by atoms with Crippen molar-refractivity contribution in [2.24, 2.45) is 0 Å². The predicted molar refractivity (Wildman–Crippen MR) is 34.4 cm³/mol. The van der Waals surface area contributed by atoms with Gasteiger partial charge in [0.05, 0.1) is 4.99 Å². The minimum atomic E-state index is 0.873. The maximum atomic E-state index is 4.81. The van der Waals surface area contributed by atoms with Gasteiger partial charge < -0.3 is 5.32 Å². The fourth-order valence-corrected chi connectivity index (χ4v) is 0.826. The third-order valence-corrected chi connectivity index (χ3v) is 1.18. The summed E-state index contributed by atoms with van der Waals surface area (Å²) in [5.41, 5.74) is 1.32. The monoisotopic (exact) mass is 113 g/mol. The molecule has 0 fully saturated rings. The van der Waals surface area contributed by atoms with E-state index in [-0.39, 0.29) is 0 Å². The van der Waals surface area contributed by atoms with Gasteiger partial charge in [-0.25, -0.2) is 0 Å². The Bertz CT molecular complexity index is 126. The van der Waals surface area contributed by atoms with Gasteiger partial charge in [0.2, 0.25) is 0 Å². The average Bonchev–Trinajstić information content (AvgIpc) is 1.87. The maximum absolute atomic E-state index is 4.81. The fourth-order valence-electron chi connectivity index (χ4n) is 0.552. The summed E-state index contributed by atoms with van der Waals surface area (Å²) in [5.74, 6) is 0. The fraction of sp³-hybridized carbons (Fsp3) is 0.400. The quantitative estimate of drug-likeness (QED) is 0.468. The molecular weight excluding hydrogens is 106 g/mol. The highest BCUT2D eigenvalue weighted by Crippen LogP contribution is 1.97. The lowest BCUT2D eigenvalue weighted by Crippen LogP contribution is -2.12. The van der Waals surface area contributed by atoms with Crippen LogP contribution in [0.25, 0.3) is 0 Å². The number of hydrogen-bond acceptors (Lipinski definition) is 1. The van der Waals surface area contributed by atoms with Crippen LogP contribution in [-0.4, -0.2) is 11.5 Å². The van der Waals surface area contributed by atoms with Gasteiger partial charge in [-0.05, 0) is 13.0 Å². The lowest BCUT2D eigenvalue weighted by atomic mass is 10.3. The summed E-state index contributed by atoms with van der Waals surface area (Å²) in [6.07, 6.45) is 1.98. The second kappa shape index (κ2) is 1.62. The topological polar surface area (TPSA) is 12.0 Å². The molecule has 1 rings (SSSR count). The SMILES string of the molecule is CC1=CC(=S)NC1. The van der Waals surface area contributed by atoms with Gasteiger partial charge in [-0.1, -0.05) is 17.8 Å². The van der Waals surface area contributed by atoms with Gasteiger partial charge in [0.15, 0.2) is 0 Å². The zero-order valence-corrected chi connectivity index (χ0v) is 5.01. The summed E-state index contributed by atoms with van der Waals surface area (Å²) in [6.45, 7) is 3.01. The molecule has 0 amide bonds. The molecule has 7 heavy (non-hydrogen) atoms. The second-order valence-corrected chi connectivity index (χ2v) is 2.15. The molecule has 0 saturated heterocycles. The van der Waals surface area contributed by atoms with Crippen molar-refractivity contribution in [2.75, 3.05) is 6.54 Å². The van der Waals surface area contributed by atoms with Crippen LogP contribution in [0.5, 0.6) is 0 Å². The molecule has 0 atom stereocenters. The van der Waals surface area contributed by atoms with E-state index in [9.17, 15) is 0 Å². The Morgan fingerprint density at radius 2 is 2.57 bits per heavy atom. The highest BCUT2D eigenvalue weighted by Gasteiger charge is 1.99. The Morgan fingerprint density at radius 1 is 1.86 bits per heavy atom. The summed E-state index contributed by atoms with van der Waals surface area (Å²) >= 11 is 4.81. The number of thiocarbonyl (C=S) groups is 1. The molecule has 0 aliphatic carbocycles. The van der Waals surface area contributed by atoms with E-state index in [0.29, 0.717) is 0 Å². The van der Waals surface area contributed by atoms with Crippen LogP contribution < -0.4 is 5.32 Å². The smallest absolute Gasteiger partial charge is 0.0990 e. The second-order valence-electron chi connectivity index (χ2n) is 1.71. The molecule has 38 valence electrons. The zero-order valence-electron chi connectivity index (χ0n) is 4.19. The maximum Gasteiger partial charge on any atom is 0.0990 e. The molecule has 0 aromatic rings. The number of hydrogen-bond donors (Lipinski definition) is 1. The van der Waals surface area contributed by atoms with Crippen LogP contribution in [0.4, 0.5) is 0 Å². The van der Waals surface area contributed by atoms with Crippen LogP contribution >= 0.6 is 12.2 Å². The van der Waals surface area contributed by atoms with Gasteiger partial charge >= 0.3 is 0 Å². The molecule has 0 aromatic carbocycles. The van der Waals surface area contributed by atoms with E-state index < -0.39 is 0 Å². The van der Waals surface area contributed by atoms with Crippen molar-refractivity contribution in [3.05, 3.63) is 11.6 Å². The molecule has 1 nitrogen and oxygen atoms in total. The summed E-state index contributed by atoms with van der Waals surface area (Å²) in [5, 5.41) is 3.01. The Hall–Kier alpha value is -0.370. The molecule has 0 aromatic heterocycles. The first-order chi connectivity index (χ1) is 3.29. The van der Waals surface area contributed by atoms with Gasteiger partial charge in [0.1, 0.15) is 0 Å². The molecule has 1 heterocycles. The standard InChI is InChI=1S/C5H7NS/c1-4-2-5(7)6-3-4/h2H,3H2,1H3,(H,6,7). The minimum absolute atomic E-state index is 0.873. The Kier molecular flexibility index (Phi) is 1.11. The first-order valence-electron chi connectivity index (χ1n) is 2.24. The van der Waals surface area contributed by atoms with Gasteiger partial charge in [-0.3, -0.25) is 0 Å². The predicted octanol–water partition coefficient (Wildman–Crippen LogP) is 0.863. The molecule has 0 unspecified atom stereocenters. The number of rotatable bonds is 0. The molecule has 1 aliphatic heterocycles. The van der Waals surface area contributed by atoms with Gasteiger partial charge in [-0.2, -0.15) is 0 Å². The summed E-state index contributed by atoms with van der Waals surface area (Å²) in [4.78, 5) is 0.873. The molecule has 1 aliphatic rings. The molecule has 0 bridgehead atoms. The largest absolute Gasteiger partial charge is 0.373 e. The highest BCUT2D eigenvalue weighted by molar-refractivity contribution is 7.80. The highest BCUT2D eigenvalue weighted by atomic mass is 32.1. The molecule has 0 saturated carbocycles. The lowest BCUT2D eigenvalue weighted by Gasteiger charge is -1.87. The van der Waals surface area contributed by atoms with Crippen LogP contribution in [0.2, 0.25) is 0 Å². The summed E-state index contributed by atoms with van der Waals surface area (Å²) in [6, 6.07) is 0. The van der Waals surface area contributed by atoms with Crippen molar-refractivity contribution in [3.8, 4) is 0 Å². The Morgan fingerprint density at radius 3 is 2.71 bits per heavy atom. The first-order valence-corrected chi connectivity index (χ1v) is 2.65. The lowest BCUT2D eigenvalue weighted by molar-refractivity contribution is 1.04. The van der Waals surface area contributed by atoms with E-state index in [0.717, 1.165) is 11.5 Å². The van der Waals surface area contributed by atoms with Crippen LogP contribution in [0.15, 0.2) is 11.6 Å². The zero-order chi connectivity index (χ0) is 5.28. The van der Waals surface area contributed by atoms with E-state index in [4.69, 9.17) is 12.2 Å². The third kappa shape index (κ3) is 0.996. The molecule has 0 spiro atoms. The van der Waals surface area contributed by atoms with Gasteiger partial charge in [-0.15, -0.1) is 0 Å². The van der Waals surface area contributed by atoms with Crippen molar-refractivity contribution < 1.29 is 0 Å². The van der Waals surface area contributed by atoms with E-state index >= 15 is 0 Å². The van der Waals surface area contributed by atoms with Crippen LogP contribution in [0.3, 0.4) is 0 Å². The molecule has 1 N–H and O–H groups in total. The van der Waals surface area contributed by atoms with Crippen molar-refractivity contribution in [3.63, 3.8) is 0 Å². The van der Waals surface area contributed by atoms with Gasteiger partial charge in [0.25, 0.3) is 0 Å². The minimum Gasteiger partial charge on any atom is -0.373 e. The van der Waals surface area contributed by atoms with Crippen LogP contribution in [0.1, 0.15) is 6.92 Å². The van der Waals surface area contributed by atoms with Crippen LogP contribution in [-0.2, 0) is 0 Å². The average molecular weight is 113 g/mol. The Balaban J connectivity index is 2.67. The third-order valence-electron chi connectivity index (χ3n) is 0.919. The van der Waals surface area contributed by atoms with Crippen LogP contribution in [0, 0.1) is 0 Å². The van der Waals surface area contributed by atoms with E-state index in [2.05, 4.69) is 12.2 Å². The van der Waals surface area contributed by atoms with Crippen molar-refractivity contribution in [1.29, 1.82) is 0 Å². The van der Waals surface area contributed by atoms with E-state index in [1.165, 1.54) is 5.57 Å².